The van der Waals surface area contributed by atoms with E-state index in [2.05, 4.69) is 20.9 Å². The molecule has 0 amide bonds. The van der Waals surface area contributed by atoms with Crippen molar-refractivity contribution in [3.8, 4) is 0 Å². The van der Waals surface area contributed by atoms with Gasteiger partial charge in [-0.15, -0.1) is 0 Å². The van der Waals surface area contributed by atoms with E-state index < -0.39 is 0 Å². The molecule has 2 atom stereocenters. The second-order valence-electron chi connectivity index (χ2n) is 4.74. The van der Waals surface area contributed by atoms with E-state index in [4.69, 9.17) is 0 Å². The fourth-order valence-electron chi connectivity index (χ4n) is 2.26. The van der Waals surface area contributed by atoms with Crippen LogP contribution in [0.5, 0.6) is 0 Å². The molecule has 0 saturated heterocycles. The molecule has 1 aromatic rings. The Hall–Kier alpha value is -0.290. The summed E-state index contributed by atoms with van der Waals surface area (Å²) in [4.78, 5) is 4.58. The summed E-state index contributed by atoms with van der Waals surface area (Å²) < 4.78 is 4.42. The predicted molar refractivity (Wildman–Crippen MR) is 70.4 cm³/mol. The van der Waals surface area contributed by atoms with Crippen LogP contribution in [0.2, 0.25) is 0 Å². The molecule has 3 nitrogen and oxygen atoms in total. The van der Waals surface area contributed by atoms with E-state index in [-0.39, 0.29) is 0 Å². The molecule has 3 rings (SSSR count). The maximum Gasteiger partial charge on any atom is 0.202 e. The van der Waals surface area contributed by atoms with Gasteiger partial charge in [0.15, 0.2) is 0 Å². The fourth-order valence-corrected chi connectivity index (χ4v) is 3.78. The third-order valence-electron chi connectivity index (χ3n) is 3.43. The number of thioether (sulfide) groups is 1. The van der Waals surface area contributed by atoms with Crippen LogP contribution in [0.15, 0.2) is 0 Å². The smallest absolute Gasteiger partial charge is 0.202 e. The predicted octanol–water partition coefficient (Wildman–Crippen LogP) is 3.11. The highest BCUT2D eigenvalue weighted by Crippen LogP contribution is 2.39. The van der Waals surface area contributed by atoms with Crippen molar-refractivity contribution in [1.82, 2.24) is 9.36 Å². The Kier molecular flexibility index (Phi) is 3.07. The largest absolute Gasteiger partial charge is 0.358 e. The van der Waals surface area contributed by atoms with Gasteiger partial charge < -0.3 is 5.32 Å². The van der Waals surface area contributed by atoms with Crippen molar-refractivity contribution in [1.29, 1.82) is 0 Å². The van der Waals surface area contributed by atoms with Gasteiger partial charge in [-0.25, -0.2) is 4.98 Å². The van der Waals surface area contributed by atoms with Crippen LogP contribution in [0.1, 0.15) is 43.8 Å². The molecular formula is C11H17N3S2. The standard InChI is InChI=1S/C11H17N3S2/c1-15-9-5-4-8(6-9)12-11-13-10(14-16-11)7-2-3-7/h7-9H,2-6H2,1H3,(H,12,13,14). The van der Waals surface area contributed by atoms with Gasteiger partial charge in [-0.2, -0.15) is 16.1 Å². The third kappa shape index (κ3) is 2.35. The summed E-state index contributed by atoms with van der Waals surface area (Å²) in [5.74, 6) is 1.75. The van der Waals surface area contributed by atoms with Crippen molar-refractivity contribution in [2.45, 2.75) is 49.3 Å². The van der Waals surface area contributed by atoms with Gasteiger partial charge in [-0.05, 0) is 38.4 Å². The Morgan fingerprint density at radius 2 is 2.19 bits per heavy atom. The van der Waals surface area contributed by atoms with Crippen molar-refractivity contribution in [2.75, 3.05) is 11.6 Å². The lowest BCUT2D eigenvalue weighted by atomic mass is 10.3. The lowest BCUT2D eigenvalue weighted by molar-refractivity contribution is 0.754. The zero-order valence-electron chi connectivity index (χ0n) is 9.48. The van der Waals surface area contributed by atoms with Crippen molar-refractivity contribution in [3.05, 3.63) is 5.82 Å². The zero-order chi connectivity index (χ0) is 11.0. The minimum Gasteiger partial charge on any atom is -0.358 e. The average Bonchev–Trinajstić information content (AvgIpc) is 2.88. The van der Waals surface area contributed by atoms with E-state index in [1.165, 1.54) is 43.6 Å². The van der Waals surface area contributed by atoms with Crippen LogP contribution >= 0.6 is 23.3 Å². The number of nitrogens with zero attached hydrogens (tertiary/aromatic N) is 2. The quantitative estimate of drug-likeness (QED) is 0.897. The van der Waals surface area contributed by atoms with Crippen molar-refractivity contribution in [3.63, 3.8) is 0 Å². The van der Waals surface area contributed by atoms with Crippen LogP contribution in [0.4, 0.5) is 5.13 Å². The summed E-state index contributed by atoms with van der Waals surface area (Å²) >= 11 is 3.53. The summed E-state index contributed by atoms with van der Waals surface area (Å²) in [6, 6.07) is 0.623. The monoisotopic (exact) mass is 255 g/mol. The average molecular weight is 255 g/mol. The molecule has 0 aromatic carbocycles. The second kappa shape index (κ2) is 4.53. The first-order chi connectivity index (χ1) is 7.85. The molecule has 2 fully saturated rings. The van der Waals surface area contributed by atoms with Crippen molar-refractivity contribution >= 4 is 28.4 Å². The normalized spacial score (nSPS) is 29.6. The molecule has 2 aliphatic rings. The van der Waals surface area contributed by atoms with Crippen LogP contribution in [0.3, 0.4) is 0 Å². The molecule has 0 spiro atoms. The molecular weight excluding hydrogens is 238 g/mol. The minimum atomic E-state index is 0.623. The van der Waals surface area contributed by atoms with Crippen molar-refractivity contribution < 1.29 is 0 Å². The van der Waals surface area contributed by atoms with Crippen LogP contribution in [0, 0.1) is 0 Å². The summed E-state index contributed by atoms with van der Waals surface area (Å²) in [6.45, 7) is 0. The minimum absolute atomic E-state index is 0.623. The molecule has 1 N–H and O–H groups in total. The molecule has 0 aliphatic heterocycles. The van der Waals surface area contributed by atoms with E-state index in [0.29, 0.717) is 12.0 Å². The van der Waals surface area contributed by atoms with Gasteiger partial charge in [0.2, 0.25) is 5.13 Å². The molecule has 2 aliphatic carbocycles. The van der Waals surface area contributed by atoms with Gasteiger partial charge in [0.25, 0.3) is 0 Å². The Morgan fingerprint density at radius 1 is 1.31 bits per heavy atom. The van der Waals surface area contributed by atoms with Gasteiger partial charge in [0.05, 0.1) is 0 Å². The molecule has 2 saturated carbocycles. The molecule has 1 aromatic heterocycles. The third-order valence-corrected chi connectivity index (χ3v) is 5.18. The van der Waals surface area contributed by atoms with E-state index in [0.717, 1.165) is 16.2 Å². The van der Waals surface area contributed by atoms with Crippen LogP contribution in [-0.4, -0.2) is 26.9 Å². The Labute approximate surface area is 105 Å². The van der Waals surface area contributed by atoms with E-state index in [9.17, 15) is 0 Å². The van der Waals surface area contributed by atoms with Gasteiger partial charge in [0, 0.05) is 28.7 Å². The Bertz CT molecular complexity index is 362. The second-order valence-corrected chi connectivity index (χ2v) is 6.63. The molecule has 0 radical (unpaired) electrons. The maximum atomic E-state index is 4.58. The number of hydrogen-bond donors (Lipinski definition) is 1. The topological polar surface area (TPSA) is 37.8 Å². The molecule has 0 bridgehead atoms. The fraction of sp³-hybridized carbons (Fsp3) is 0.818. The van der Waals surface area contributed by atoms with Crippen molar-refractivity contribution in [2.24, 2.45) is 0 Å². The maximum absolute atomic E-state index is 4.58. The molecule has 5 heteroatoms. The van der Waals surface area contributed by atoms with E-state index in [1.54, 1.807) is 0 Å². The first kappa shape index (κ1) is 10.8. The van der Waals surface area contributed by atoms with Gasteiger partial charge >= 0.3 is 0 Å². The zero-order valence-corrected chi connectivity index (χ0v) is 11.1. The molecule has 2 unspecified atom stereocenters. The van der Waals surface area contributed by atoms with Gasteiger partial charge in [-0.3, -0.25) is 0 Å². The summed E-state index contributed by atoms with van der Waals surface area (Å²) in [6.07, 6.45) is 8.68. The first-order valence-electron chi connectivity index (χ1n) is 5.98. The van der Waals surface area contributed by atoms with E-state index >= 15 is 0 Å². The Balaban J connectivity index is 1.57. The summed E-state index contributed by atoms with van der Waals surface area (Å²) in [5.41, 5.74) is 0. The number of hydrogen-bond acceptors (Lipinski definition) is 5. The highest BCUT2D eigenvalue weighted by molar-refractivity contribution is 7.99. The number of nitrogens with one attached hydrogen (secondary N) is 1. The number of aromatic nitrogens is 2. The number of anilines is 1. The number of rotatable bonds is 4. The SMILES string of the molecule is CSC1CCC(Nc2nc(C3CC3)ns2)C1. The molecule has 16 heavy (non-hydrogen) atoms. The Morgan fingerprint density at radius 3 is 2.88 bits per heavy atom. The lowest BCUT2D eigenvalue weighted by Crippen LogP contribution is -2.15. The van der Waals surface area contributed by atoms with Crippen LogP contribution in [0.25, 0.3) is 0 Å². The molecule has 1 heterocycles. The van der Waals surface area contributed by atoms with E-state index in [1.807, 2.05) is 11.8 Å². The van der Waals surface area contributed by atoms with Crippen LogP contribution in [-0.2, 0) is 0 Å². The van der Waals surface area contributed by atoms with Gasteiger partial charge in [-0.1, -0.05) is 0 Å². The summed E-state index contributed by atoms with van der Waals surface area (Å²) in [5, 5.41) is 5.42. The highest BCUT2D eigenvalue weighted by atomic mass is 32.2. The molecule has 88 valence electrons. The lowest BCUT2D eigenvalue weighted by Gasteiger charge is -2.10. The van der Waals surface area contributed by atoms with Gasteiger partial charge in [0.1, 0.15) is 5.82 Å². The summed E-state index contributed by atoms with van der Waals surface area (Å²) in [7, 11) is 0. The van der Waals surface area contributed by atoms with Crippen LogP contribution < -0.4 is 5.32 Å². The first-order valence-corrected chi connectivity index (χ1v) is 8.04. The highest BCUT2D eigenvalue weighted by Gasteiger charge is 2.29.